The number of H-pyrrole nitrogens is 1. The van der Waals surface area contributed by atoms with E-state index in [0.717, 1.165) is 28.4 Å². The third kappa shape index (κ3) is 2.80. The second-order valence-corrected chi connectivity index (χ2v) is 4.94. The Balaban J connectivity index is 2.39. The summed E-state index contributed by atoms with van der Waals surface area (Å²) in [7, 11) is 1.65. The topological polar surface area (TPSA) is 63.9 Å². The van der Waals surface area contributed by atoms with Crippen molar-refractivity contribution in [2.24, 2.45) is 0 Å². The van der Waals surface area contributed by atoms with Crippen LogP contribution in [0, 0.1) is 4.84 Å². The predicted octanol–water partition coefficient (Wildman–Crippen LogP) is 2.95. The van der Waals surface area contributed by atoms with Gasteiger partial charge in [0.25, 0.3) is 10.7 Å². The molecular formula is C10H13N3O2S2. The summed E-state index contributed by atoms with van der Waals surface area (Å²) in [6, 6.07) is 0. The molecule has 0 saturated carbocycles. The fourth-order valence-corrected chi connectivity index (χ4v) is 2.62. The van der Waals surface area contributed by atoms with E-state index in [-0.39, 0.29) is 4.84 Å². The number of aromatic nitrogens is 3. The standard InChI is InChI=1S/C10H13N3O2S2/c1-3-4-6-8(9-12-13-10(16)15-9)17-7(11-6)5-14-2/h3-5H2,1-2H3,(H,13,16). The Morgan fingerprint density at radius 3 is 2.94 bits per heavy atom. The lowest BCUT2D eigenvalue weighted by molar-refractivity contribution is 0.184. The first-order chi connectivity index (χ1) is 8.24. The molecule has 17 heavy (non-hydrogen) atoms. The lowest BCUT2D eigenvalue weighted by Crippen LogP contribution is -1.89. The number of nitrogens with one attached hydrogen (secondary N) is 1. The van der Waals surface area contributed by atoms with Crippen LogP contribution in [0.2, 0.25) is 0 Å². The summed E-state index contributed by atoms with van der Waals surface area (Å²) in [6.07, 6.45) is 1.92. The molecule has 0 saturated heterocycles. The van der Waals surface area contributed by atoms with E-state index in [9.17, 15) is 0 Å². The van der Waals surface area contributed by atoms with Gasteiger partial charge >= 0.3 is 0 Å². The van der Waals surface area contributed by atoms with Crippen molar-refractivity contribution in [3.05, 3.63) is 15.5 Å². The molecule has 0 amide bonds. The summed E-state index contributed by atoms with van der Waals surface area (Å²) in [5.74, 6) is 0.512. The second kappa shape index (κ2) is 5.52. The zero-order chi connectivity index (χ0) is 12.3. The molecule has 0 fully saturated rings. The molecule has 0 aliphatic heterocycles. The molecule has 0 atom stereocenters. The van der Waals surface area contributed by atoms with Gasteiger partial charge in [0.15, 0.2) is 0 Å². The molecule has 2 aromatic heterocycles. The van der Waals surface area contributed by atoms with E-state index in [1.54, 1.807) is 7.11 Å². The Labute approximate surface area is 108 Å². The number of rotatable bonds is 5. The number of thiazole rings is 1. The van der Waals surface area contributed by atoms with E-state index < -0.39 is 0 Å². The van der Waals surface area contributed by atoms with Crippen LogP contribution >= 0.6 is 23.6 Å². The Hall–Kier alpha value is -1.05. The van der Waals surface area contributed by atoms with Crippen LogP contribution in [-0.2, 0) is 17.8 Å². The molecule has 0 aliphatic carbocycles. The van der Waals surface area contributed by atoms with Gasteiger partial charge in [-0.25, -0.2) is 10.1 Å². The monoisotopic (exact) mass is 271 g/mol. The number of hydrogen-bond acceptors (Lipinski definition) is 6. The fraction of sp³-hybridized carbons (Fsp3) is 0.500. The van der Waals surface area contributed by atoms with E-state index in [2.05, 4.69) is 22.1 Å². The molecule has 2 aromatic rings. The molecule has 5 nitrogen and oxygen atoms in total. The van der Waals surface area contributed by atoms with Gasteiger partial charge < -0.3 is 9.15 Å². The number of ether oxygens (including phenoxy) is 1. The molecule has 0 radical (unpaired) electrons. The molecule has 0 aromatic carbocycles. The molecule has 0 spiro atoms. The Bertz CT molecular complexity index is 544. The Morgan fingerprint density at radius 2 is 2.35 bits per heavy atom. The highest BCUT2D eigenvalue weighted by Gasteiger charge is 2.16. The van der Waals surface area contributed by atoms with Crippen molar-refractivity contribution in [1.82, 2.24) is 15.2 Å². The van der Waals surface area contributed by atoms with Gasteiger partial charge in [-0.1, -0.05) is 13.3 Å². The number of aromatic amines is 1. The van der Waals surface area contributed by atoms with Gasteiger partial charge in [0, 0.05) is 7.11 Å². The van der Waals surface area contributed by atoms with E-state index >= 15 is 0 Å². The van der Waals surface area contributed by atoms with Gasteiger partial charge in [-0.2, -0.15) is 0 Å². The van der Waals surface area contributed by atoms with Gasteiger partial charge in [0.05, 0.1) is 12.3 Å². The van der Waals surface area contributed by atoms with Gasteiger partial charge in [-0.05, 0) is 18.6 Å². The normalized spacial score (nSPS) is 10.9. The fourth-order valence-electron chi connectivity index (χ4n) is 1.49. The maximum atomic E-state index is 5.33. The number of nitrogens with zero attached hydrogens (tertiary/aromatic N) is 2. The Morgan fingerprint density at radius 1 is 1.53 bits per heavy atom. The van der Waals surface area contributed by atoms with Crippen LogP contribution < -0.4 is 0 Å². The lowest BCUT2D eigenvalue weighted by atomic mass is 10.2. The second-order valence-electron chi connectivity index (χ2n) is 3.48. The van der Waals surface area contributed by atoms with Crippen molar-refractivity contribution in [2.45, 2.75) is 26.4 Å². The van der Waals surface area contributed by atoms with Crippen LogP contribution in [0.15, 0.2) is 4.42 Å². The van der Waals surface area contributed by atoms with Crippen LogP contribution in [0.25, 0.3) is 10.8 Å². The van der Waals surface area contributed by atoms with Gasteiger partial charge in [0.2, 0.25) is 0 Å². The predicted molar refractivity (Wildman–Crippen MR) is 67.5 cm³/mol. The minimum Gasteiger partial charge on any atom is -0.408 e. The average Bonchev–Trinajstić information content (AvgIpc) is 2.86. The van der Waals surface area contributed by atoms with Crippen molar-refractivity contribution in [1.29, 1.82) is 0 Å². The van der Waals surface area contributed by atoms with Crippen LogP contribution in [0.3, 0.4) is 0 Å². The van der Waals surface area contributed by atoms with Crippen LogP contribution in [0.1, 0.15) is 24.0 Å². The molecule has 92 valence electrons. The third-order valence-corrected chi connectivity index (χ3v) is 3.36. The zero-order valence-corrected chi connectivity index (χ0v) is 11.3. The first kappa shape index (κ1) is 12.4. The minimum atomic E-state index is 0.282. The van der Waals surface area contributed by atoms with E-state index in [4.69, 9.17) is 21.4 Å². The average molecular weight is 271 g/mol. The summed E-state index contributed by atoms with van der Waals surface area (Å²) >= 11 is 6.41. The SMILES string of the molecule is CCCc1nc(COC)sc1-c1n[nH]c(=S)o1. The van der Waals surface area contributed by atoms with Crippen LogP contribution in [0.4, 0.5) is 0 Å². The van der Waals surface area contributed by atoms with Crippen LogP contribution in [-0.4, -0.2) is 22.3 Å². The van der Waals surface area contributed by atoms with Gasteiger partial charge in [-0.15, -0.1) is 16.4 Å². The smallest absolute Gasteiger partial charge is 0.284 e. The van der Waals surface area contributed by atoms with Crippen molar-refractivity contribution in [3.8, 4) is 10.8 Å². The third-order valence-electron chi connectivity index (χ3n) is 2.13. The summed E-state index contributed by atoms with van der Waals surface area (Å²) in [5.41, 5.74) is 0.995. The molecule has 2 rings (SSSR count). The van der Waals surface area contributed by atoms with Gasteiger partial charge in [-0.3, -0.25) is 0 Å². The molecule has 7 heteroatoms. The molecule has 0 aliphatic rings. The van der Waals surface area contributed by atoms with Crippen molar-refractivity contribution < 1.29 is 9.15 Å². The number of methoxy groups -OCH3 is 1. The largest absolute Gasteiger partial charge is 0.408 e. The van der Waals surface area contributed by atoms with Crippen molar-refractivity contribution in [2.75, 3.05) is 7.11 Å². The first-order valence-corrected chi connectivity index (χ1v) is 6.50. The van der Waals surface area contributed by atoms with Crippen molar-refractivity contribution in [3.63, 3.8) is 0 Å². The minimum absolute atomic E-state index is 0.282. The zero-order valence-electron chi connectivity index (χ0n) is 9.65. The lowest BCUT2D eigenvalue weighted by Gasteiger charge is -1.94. The van der Waals surface area contributed by atoms with Crippen molar-refractivity contribution >= 4 is 23.6 Å². The molecule has 2 heterocycles. The van der Waals surface area contributed by atoms with E-state index in [0.29, 0.717) is 12.5 Å². The summed E-state index contributed by atoms with van der Waals surface area (Å²) in [5, 5.41) is 7.59. The molecule has 1 N–H and O–H groups in total. The quantitative estimate of drug-likeness (QED) is 0.847. The van der Waals surface area contributed by atoms with E-state index in [1.165, 1.54) is 11.3 Å². The molecular weight excluding hydrogens is 258 g/mol. The highest BCUT2D eigenvalue weighted by Crippen LogP contribution is 2.30. The summed E-state index contributed by atoms with van der Waals surface area (Å²) in [6.45, 7) is 2.62. The molecule has 0 bridgehead atoms. The highest BCUT2D eigenvalue weighted by atomic mass is 32.1. The van der Waals surface area contributed by atoms with E-state index in [1.807, 2.05) is 0 Å². The summed E-state index contributed by atoms with van der Waals surface area (Å²) < 4.78 is 10.4. The van der Waals surface area contributed by atoms with Gasteiger partial charge in [0.1, 0.15) is 9.88 Å². The first-order valence-electron chi connectivity index (χ1n) is 5.28. The maximum absolute atomic E-state index is 5.33. The highest BCUT2D eigenvalue weighted by molar-refractivity contribution is 7.71. The maximum Gasteiger partial charge on any atom is 0.284 e. The number of hydrogen-bond donors (Lipinski definition) is 1. The Kier molecular flexibility index (Phi) is 4.03. The van der Waals surface area contributed by atoms with Crippen LogP contribution in [0.5, 0.6) is 0 Å². The number of aryl methyl sites for hydroxylation is 1. The summed E-state index contributed by atoms with van der Waals surface area (Å²) in [4.78, 5) is 5.74. The molecule has 0 unspecified atom stereocenters.